The third-order valence-corrected chi connectivity index (χ3v) is 4.24. The highest BCUT2D eigenvalue weighted by molar-refractivity contribution is 7.14. The molecule has 8 nitrogen and oxygen atoms in total. The number of anilines is 1. The van der Waals surface area contributed by atoms with Crippen LogP contribution in [0.5, 0.6) is 0 Å². The summed E-state index contributed by atoms with van der Waals surface area (Å²) in [5, 5.41) is 12.2. The van der Waals surface area contributed by atoms with E-state index >= 15 is 0 Å². The molecule has 0 aliphatic heterocycles. The van der Waals surface area contributed by atoms with Crippen molar-refractivity contribution in [3.05, 3.63) is 45.7 Å². The molecule has 0 radical (unpaired) electrons. The molecular formula is C15H16N6O2S. The average Bonchev–Trinajstić information content (AvgIpc) is 3.17. The molecule has 2 heterocycles. The lowest BCUT2D eigenvalue weighted by Crippen LogP contribution is -2.29. The summed E-state index contributed by atoms with van der Waals surface area (Å²) in [7, 11) is 1.47. The first-order valence-electron chi connectivity index (χ1n) is 7.38. The zero-order valence-corrected chi connectivity index (χ0v) is 14.1. The fourth-order valence-corrected chi connectivity index (χ4v) is 2.86. The smallest absolute Gasteiger partial charge is 0.300 e. The van der Waals surface area contributed by atoms with Crippen LogP contribution in [-0.2, 0) is 24.8 Å². The van der Waals surface area contributed by atoms with Gasteiger partial charge in [-0.1, -0.05) is 31.2 Å². The molecule has 0 saturated carbocycles. The molecule has 0 atom stereocenters. The van der Waals surface area contributed by atoms with Crippen molar-refractivity contribution in [2.75, 3.05) is 5.32 Å². The van der Waals surface area contributed by atoms with Crippen LogP contribution in [0.4, 0.5) is 5.13 Å². The molecule has 0 spiro atoms. The minimum Gasteiger partial charge on any atom is -0.300 e. The Kier molecular flexibility index (Phi) is 4.52. The number of nitrogens with zero attached hydrogens (tertiary/aromatic N) is 5. The lowest BCUT2D eigenvalue weighted by molar-refractivity contribution is -0.117. The van der Waals surface area contributed by atoms with Gasteiger partial charge >= 0.3 is 5.69 Å². The van der Waals surface area contributed by atoms with Crippen LogP contribution in [0, 0.1) is 0 Å². The molecule has 0 unspecified atom stereocenters. The minimum absolute atomic E-state index is 0.202. The van der Waals surface area contributed by atoms with Crippen molar-refractivity contribution < 1.29 is 4.79 Å². The zero-order valence-electron chi connectivity index (χ0n) is 13.3. The third-order valence-electron chi connectivity index (χ3n) is 3.48. The number of carbonyl (C=O) groups excluding carboxylic acids is 1. The van der Waals surface area contributed by atoms with Crippen molar-refractivity contribution in [2.45, 2.75) is 19.9 Å². The van der Waals surface area contributed by atoms with Crippen molar-refractivity contribution >= 4 is 22.4 Å². The molecular weight excluding hydrogens is 328 g/mol. The minimum atomic E-state index is -0.444. The van der Waals surface area contributed by atoms with E-state index in [-0.39, 0.29) is 12.5 Å². The highest BCUT2D eigenvalue weighted by atomic mass is 32.1. The van der Waals surface area contributed by atoms with Crippen molar-refractivity contribution in [3.63, 3.8) is 0 Å². The Morgan fingerprint density at radius 2 is 2.00 bits per heavy atom. The highest BCUT2D eigenvalue weighted by Crippen LogP contribution is 2.25. The van der Waals surface area contributed by atoms with E-state index in [4.69, 9.17) is 0 Å². The van der Waals surface area contributed by atoms with Gasteiger partial charge in [0.25, 0.3) is 0 Å². The fraction of sp³-hybridized carbons (Fsp3) is 0.267. The maximum Gasteiger partial charge on any atom is 0.363 e. The van der Waals surface area contributed by atoms with E-state index in [2.05, 4.69) is 39.8 Å². The molecule has 24 heavy (non-hydrogen) atoms. The molecule has 3 aromatic rings. The largest absolute Gasteiger partial charge is 0.363 e. The summed E-state index contributed by atoms with van der Waals surface area (Å²) in [6.45, 7) is 1.90. The van der Waals surface area contributed by atoms with Gasteiger partial charge in [0, 0.05) is 18.0 Å². The van der Waals surface area contributed by atoms with Gasteiger partial charge in [-0.15, -0.1) is 11.3 Å². The highest BCUT2D eigenvalue weighted by Gasteiger charge is 2.11. The second-order valence-electron chi connectivity index (χ2n) is 5.18. The van der Waals surface area contributed by atoms with Gasteiger partial charge in [-0.2, -0.15) is 9.36 Å². The molecule has 3 rings (SSSR count). The molecule has 0 aliphatic carbocycles. The first-order chi connectivity index (χ1) is 11.6. The SMILES string of the molecule is CCc1ccc(-c2csc(NC(=O)Cn3nnn(C)c3=O)n2)cc1. The molecule has 0 saturated heterocycles. The lowest BCUT2D eigenvalue weighted by atomic mass is 10.1. The van der Waals surface area contributed by atoms with Crippen molar-refractivity contribution in [3.8, 4) is 11.3 Å². The second kappa shape index (κ2) is 6.75. The summed E-state index contributed by atoms with van der Waals surface area (Å²) in [5.74, 6) is -0.375. The van der Waals surface area contributed by atoms with E-state index < -0.39 is 5.69 Å². The van der Waals surface area contributed by atoms with Crippen LogP contribution >= 0.6 is 11.3 Å². The average molecular weight is 344 g/mol. The number of benzene rings is 1. The summed E-state index contributed by atoms with van der Waals surface area (Å²) in [6.07, 6.45) is 0.987. The van der Waals surface area contributed by atoms with Gasteiger partial charge in [-0.3, -0.25) is 4.79 Å². The van der Waals surface area contributed by atoms with Gasteiger partial charge in [0.2, 0.25) is 5.91 Å². The number of hydrogen-bond acceptors (Lipinski definition) is 6. The predicted octanol–water partition coefficient (Wildman–Crippen LogP) is 1.30. The number of carbonyl (C=O) groups is 1. The molecule has 9 heteroatoms. The number of rotatable bonds is 5. The number of nitrogens with one attached hydrogen (secondary N) is 1. The van der Waals surface area contributed by atoms with Gasteiger partial charge in [-0.05, 0) is 22.4 Å². The van der Waals surface area contributed by atoms with E-state index in [1.165, 1.54) is 23.9 Å². The maximum atomic E-state index is 12.0. The Balaban J connectivity index is 1.68. The van der Waals surface area contributed by atoms with E-state index in [0.717, 1.165) is 27.0 Å². The number of amides is 1. The zero-order chi connectivity index (χ0) is 17.1. The number of hydrogen-bond donors (Lipinski definition) is 1. The van der Waals surface area contributed by atoms with Crippen LogP contribution in [-0.4, -0.2) is 30.7 Å². The van der Waals surface area contributed by atoms with Gasteiger partial charge in [0.1, 0.15) is 6.54 Å². The first-order valence-corrected chi connectivity index (χ1v) is 8.26. The van der Waals surface area contributed by atoms with Crippen molar-refractivity contribution in [2.24, 2.45) is 7.05 Å². The molecule has 1 aromatic carbocycles. The van der Waals surface area contributed by atoms with Gasteiger partial charge in [0.15, 0.2) is 5.13 Å². The van der Waals surface area contributed by atoms with E-state index in [0.29, 0.717) is 5.13 Å². The Bertz CT molecular complexity index is 909. The fourth-order valence-electron chi connectivity index (χ4n) is 2.12. The summed E-state index contributed by atoms with van der Waals surface area (Å²) < 4.78 is 2.06. The van der Waals surface area contributed by atoms with Crippen LogP contribution in [0.3, 0.4) is 0 Å². The quantitative estimate of drug-likeness (QED) is 0.753. The van der Waals surface area contributed by atoms with Crippen LogP contribution in [0.15, 0.2) is 34.4 Å². The molecule has 1 N–H and O–H groups in total. The molecule has 124 valence electrons. The van der Waals surface area contributed by atoms with E-state index in [1.807, 2.05) is 17.5 Å². The molecule has 1 amide bonds. The van der Waals surface area contributed by atoms with E-state index in [9.17, 15) is 9.59 Å². The van der Waals surface area contributed by atoms with Gasteiger partial charge < -0.3 is 5.32 Å². The first kappa shape index (κ1) is 16.1. The number of aryl methyl sites for hydroxylation is 2. The molecule has 0 fully saturated rings. The summed E-state index contributed by atoms with van der Waals surface area (Å²) >= 11 is 1.33. The summed E-state index contributed by atoms with van der Waals surface area (Å²) in [5.41, 5.74) is 2.61. The number of aromatic nitrogens is 5. The normalized spacial score (nSPS) is 10.8. The van der Waals surface area contributed by atoms with Crippen LogP contribution in [0.1, 0.15) is 12.5 Å². The monoisotopic (exact) mass is 344 g/mol. The topological polar surface area (TPSA) is 94.7 Å². The maximum absolute atomic E-state index is 12.0. The Hall–Kier alpha value is -2.81. The third kappa shape index (κ3) is 3.40. The number of thiazole rings is 1. The molecule has 2 aromatic heterocycles. The van der Waals surface area contributed by atoms with Crippen LogP contribution < -0.4 is 11.0 Å². The van der Waals surface area contributed by atoms with Crippen molar-refractivity contribution in [1.29, 1.82) is 0 Å². The Morgan fingerprint density at radius 3 is 2.62 bits per heavy atom. The predicted molar refractivity (Wildman–Crippen MR) is 90.8 cm³/mol. The summed E-state index contributed by atoms with van der Waals surface area (Å²) in [6, 6.07) is 8.15. The lowest BCUT2D eigenvalue weighted by Gasteiger charge is -2.01. The summed E-state index contributed by atoms with van der Waals surface area (Å²) in [4.78, 5) is 28.0. The van der Waals surface area contributed by atoms with E-state index in [1.54, 1.807) is 0 Å². The van der Waals surface area contributed by atoms with Crippen molar-refractivity contribution in [1.82, 2.24) is 24.8 Å². The number of tetrazole rings is 1. The van der Waals surface area contributed by atoms with Gasteiger partial charge in [-0.25, -0.2) is 9.78 Å². The Labute approximate surface area is 141 Å². The molecule has 0 bridgehead atoms. The van der Waals surface area contributed by atoms with Crippen LogP contribution in [0.2, 0.25) is 0 Å². The molecule has 0 aliphatic rings. The standard InChI is InChI=1S/C15H16N6O2S/c1-3-10-4-6-11(7-5-10)12-9-24-14(16-12)17-13(22)8-21-15(23)20(2)18-19-21/h4-7,9H,3,8H2,1-2H3,(H,16,17,22). The Morgan fingerprint density at radius 1 is 1.25 bits per heavy atom. The van der Waals surface area contributed by atoms with Crippen LogP contribution in [0.25, 0.3) is 11.3 Å². The van der Waals surface area contributed by atoms with Gasteiger partial charge in [0.05, 0.1) is 5.69 Å². The second-order valence-corrected chi connectivity index (χ2v) is 6.04.